The van der Waals surface area contributed by atoms with Gasteiger partial charge in [-0.15, -0.1) is 0 Å². The molecule has 0 radical (unpaired) electrons. The lowest BCUT2D eigenvalue weighted by atomic mass is 10.2. The second-order valence-corrected chi connectivity index (χ2v) is 6.25. The number of fused-ring (bicyclic) bond motifs is 1. The molecule has 1 aromatic heterocycles. The highest BCUT2D eigenvalue weighted by atomic mass is 16.4. The molecule has 0 saturated heterocycles. The Hall–Kier alpha value is -2.63. The van der Waals surface area contributed by atoms with E-state index in [2.05, 4.69) is 5.10 Å². The molecule has 24 heavy (non-hydrogen) atoms. The summed E-state index contributed by atoms with van der Waals surface area (Å²) in [6, 6.07) is 8.06. The van der Waals surface area contributed by atoms with Gasteiger partial charge in [0.2, 0.25) is 0 Å². The van der Waals surface area contributed by atoms with E-state index in [-0.39, 0.29) is 18.9 Å². The predicted molar refractivity (Wildman–Crippen MR) is 89.5 cm³/mol. The molecule has 0 unspecified atom stereocenters. The summed E-state index contributed by atoms with van der Waals surface area (Å²) in [5.41, 5.74) is 4.67. The van der Waals surface area contributed by atoms with Crippen molar-refractivity contribution in [3.05, 3.63) is 46.8 Å². The van der Waals surface area contributed by atoms with E-state index >= 15 is 0 Å². The lowest BCUT2D eigenvalue weighted by Crippen LogP contribution is -2.30. The summed E-state index contributed by atoms with van der Waals surface area (Å²) in [5.74, 6) is -1.12. The van der Waals surface area contributed by atoms with Crippen molar-refractivity contribution in [2.75, 3.05) is 13.6 Å². The van der Waals surface area contributed by atoms with Crippen LogP contribution in [0, 0.1) is 6.92 Å². The van der Waals surface area contributed by atoms with Gasteiger partial charge >= 0.3 is 5.97 Å². The van der Waals surface area contributed by atoms with Crippen LogP contribution in [-0.4, -0.2) is 45.3 Å². The van der Waals surface area contributed by atoms with Crippen molar-refractivity contribution < 1.29 is 14.7 Å². The Morgan fingerprint density at radius 3 is 2.62 bits per heavy atom. The normalized spacial score (nSPS) is 12.9. The Labute approximate surface area is 140 Å². The lowest BCUT2D eigenvalue weighted by molar-refractivity contribution is -0.137. The summed E-state index contributed by atoms with van der Waals surface area (Å²) in [6.07, 6.45) is 2.69. The highest BCUT2D eigenvalue weighted by Crippen LogP contribution is 2.28. The summed E-state index contributed by atoms with van der Waals surface area (Å²) in [5, 5.41) is 13.3. The number of aromatic nitrogens is 2. The molecule has 0 spiro atoms. The summed E-state index contributed by atoms with van der Waals surface area (Å²) < 4.78 is 1.86. The van der Waals surface area contributed by atoms with Gasteiger partial charge in [0.25, 0.3) is 5.91 Å². The van der Waals surface area contributed by atoms with Gasteiger partial charge in [0.05, 0.1) is 12.1 Å². The third-order valence-electron chi connectivity index (χ3n) is 4.42. The summed E-state index contributed by atoms with van der Waals surface area (Å²) in [7, 11) is 1.62. The quantitative estimate of drug-likeness (QED) is 0.913. The van der Waals surface area contributed by atoms with Crippen LogP contribution in [0.2, 0.25) is 0 Å². The smallest absolute Gasteiger partial charge is 0.305 e. The number of amides is 1. The Morgan fingerprint density at radius 2 is 1.96 bits per heavy atom. The van der Waals surface area contributed by atoms with Crippen LogP contribution in [0.3, 0.4) is 0 Å². The van der Waals surface area contributed by atoms with Crippen molar-refractivity contribution in [3.63, 3.8) is 0 Å². The molecule has 0 saturated carbocycles. The van der Waals surface area contributed by atoms with Crippen molar-refractivity contribution in [2.45, 2.75) is 32.6 Å². The molecular weight excluding hydrogens is 306 g/mol. The fourth-order valence-corrected chi connectivity index (χ4v) is 3.05. The van der Waals surface area contributed by atoms with E-state index in [0.29, 0.717) is 5.69 Å². The molecule has 1 aromatic carbocycles. The molecule has 1 aliphatic carbocycles. The van der Waals surface area contributed by atoms with E-state index in [1.54, 1.807) is 7.05 Å². The SMILES string of the molecule is Cc1ccc(-n2nc(C(=O)N(C)CCC(=O)O)c3c2CCC3)cc1. The largest absolute Gasteiger partial charge is 0.481 e. The lowest BCUT2D eigenvalue weighted by Gasteiger charge is -2.15. The molecule has 6 nitrogen and oxygen atoms in total. The van der Waals surface area contributed by atoms with Crippen LogP contribution >= 0.6 is 0 Å². The fraction of sp³-hybridized carbons (Fsp3) is 0.389. The topological polar surface area (TPSA) is 75.4 Å². The fourth-order valence-electron chi connectivity index (χ4n) is 3.05. The van der Waals surface area contributed by atoms with Gasteiger partial charge in [-0.3, -0.25) is 9.59 Å². The number of carboxylic acids is 1. The molecule has 2 aromatic rings. The van der Waals surface area contributed by atoms with E-state index in [1.807, 2.05) is 35.9 Å². The maximum Gasteiger partial charge on any atom is 0.305 e. The minimum Gasteiger partial charge on any atom is -0.481 e. The average Bonchev–Trinajstić information content (AvgIpc) is 3.15. The van der Waals surface area contributed by atoms with Gasteiger partial charge in [0, 0.05) is 24.8 Å². The van der Waals surface area contributed by atoms with Gasteiger partial charge in [0.1, 0.15) is 0 Å². The standard InChI is InChI=1S/C18H21N3O3/c1-12-6-8-13(9-7-12)21-15-5-3-4-14(15)17(19-21)18(24)20(2)11-10-16(22)23/h6-9H,3-5,10-11H2,1-2H3,(H,22,23). The number of carbonyl (C=O) groups excluding carboxylic acids is 1. The molecule has 126 valence electrons. The highest BCUT2D eigenvalue weighted by molar-refractivity contribution is 5.94. The van der Waals surface area contributed by atoms with Crippen molar-refractivity contribution in [3.8, 4) is 5.69 Å². The third-order valence-corrected chi connectivity index (χ3v) is 4.42. The monoisotopic (exact) mass is 327 g/mol. The van der Waals surface area contributed by atoms with Gasteiger partial charge in [-0.05, 0) is 38.3 Å². The van der Waals surface area contributed by atoms with Crippen molar-refractivity contribution in [1.29, 1.82) is 0 Å². The van der Waals surface area contributed by atoms with Crippen LogP contribution < -0.4 is 0 Å². The minimum atomic E-state index is -0.912. The number of aliphatic carboxylic acids is 1. The van der Waals surface area contributed by atoms with Gasteiger partial charge in [-0.2, -0.15) is 5.10 Å². The van der Waals surface area contributed by atoms with Crippen LogP contribution in [0.4, 0.5) is 0 Å². The molecule has 0 atom stereocenters. The number of benzene rings is 1. The van der Waals surface area contributed by atoms with Gasteiger partial charge in [-0.25, -0.2) is 4.68 Å². The number of aryl methyl sites for hydroxylation is 1. The van der Waals surface area contributed by atoms with E-state index in [9.17, 15) is 9.59 Å². The molecule has 1 amide bonds. The van der Waals surface area contributed by atoms with E-state index in [4.69, 9.17) is 5.11 Å². The van der Waals surface area contributed by atoms with Crippen LogP contribution in [0.15, 0.2) is 24.3 Å². The van der Waals surface area contributed by atoms with Gasteiger partial charge < -0.3 is 10.0 Å². The highest BCUT2D eigenvalue weighted by Gasteiger charge is 2.28. The van der Waals surface area contributed by atoms with Crippen LogP contribution in [0.1, 0.15) is 40.2 Å². The first kappa shape index (κ1) is 16.2. The Balaban J connectivity index is 1.92. The molecule has 6 heteroatoms. The average molecular weight is 327 g/mol. The first-order valence-corrected chi connectivity index (χ1v) is 8.12. The molecule has 0 aliphatic heterocycles. The Bertz CT molecular complexity index is 778. The summed E-state index contributed by atoms with van der Waals surface area (Å²) in [6.45, 7) is 2.21. The first-order valence-electron chi connectivity index (χ1n) is 8.12. The predicted octanol–water partition coefficient (Wildman–Crippen LogP) is 2.22. The number of nitrogens with zero attached hydrogens (tertiary/aromatic N) is 3. The second kappa shape index (κ2) is 6.47. The maximum atomic E-state index is 12.7. The van der Waals surface area contributed by atoms with Crippen LogP contribution in [-0.2, 0) is 17.6 Å². The zero-order chi connectivity index (χ0) is 17.3. The number of carbonyl (C=O) groups is 2. The Morgan fingerprint density at radius 1 is 1.25 bits per heavy atom. The first-order chi connectivity index (χ1) is 11.5. The third kappa shape index (κ3) is 3.04. The molecule has 1 N–H and O–H groups in total. The summed E-state index contributed by atoms with van der Waals surface area (Å²) >= 11 is 0. The van der Waals surface area contributed by atoms with E-state index in [0.717, 1.165) is 36.2 Å². The number of hydrogen-bond donors (Lipinski definition) is 1. The van der Waals surface area contributed by atoms with Crippen LogP contribution in [0.25, 0.3) is 5.69 Å². The minimum absolute atomic E-state index is 0.0664. The van der Waals surface area contributed by atoms with Crippen molar-refractivity contribution in [1.82, 2.24) is 14.7 Å². The molecule has 1 heterocycles. The van der Waals surface area contributed by atoms with Gasteiger partial charge in [-0.1, -0.05) is 17.7 Å². The number of carboxylic acid groups (broad SMARTS) is 1. The molecule has 3 rings (SSSR count). The maximum absolute atomic E-state index is 12.7. The molecule has 0 fully saturated rings. The molecule has 0 bridgehead atoms. The molecular formula is C18H21N3O3. The second-order valence-electron chi connectivity index (χ2n) is 6.25. The van der Waals surface area contributed by atoms with E-state index < -0.39 is 5.97 Å². The van der Waals surface area contributed by atoms with Crippen LogP contribution in [0.5, 0.6) is 0 Å². The zero-order valence-electron chi connectivity index (χ0n) is 14.0. The summed E-state index contributed by atoms with van der Waals surface area (Å²) in [4.78, 5) is 24.8. The Kier molecular flexibility index (Phi) is 4.38. The number of rotatable bonds is 5. The van der Waals surface area contributed by atoms with Gasteiger partial charge in [0.15, 0.2) is 5.69 Å². The number of hydrogen-bond acceptors (Lipinski definition) is 3. The zero-order valence-corrected chi connectivity index (χ0v) is 14.0. The molecule has 1 aliphatic rings. The van der Waals surface area contributed by atoms with Crippen molar-refractivity contribution in [2.24, 2.45) is 0 Å². The van der Waals surface area contributed by atoms with Crippen molar-refractivity contribution >= 4 is 11.9 Å². The van der Waals surface area contributed by atoms with E-state index in [1.165, 1.54) is 10.5 Å².